The highest BCUT2D eigenvalue weighted by Gasteiger charge is 2.56. The lowest BCUT2D eigenvalue weighted by atomic mass is 9.96. The van der Waals surface area contributed by atoms with Gasteiger partial charge in [0.2, 0.25) is 0 Å². The van der Waals surface area contributed by atoms with Gasteiger partial charge in [-0.2, -0.15) is 0 Å². The zero-order valence-electron chi connectivity index (χ0n) is 12.9. The van der Waals surface area contributed by atoms with Gasteiger partial charge in [-0.15, -0.1) is 6.58 Å². The van der Waals surface area contributed by atoms with Crippen molar-refractivity contribution in [3.63, 3.8) is 0 Å². The Morgan fingerprint density at radius 2 is 2.27 bits per heavy atom. The van der Waals surface area contributed by atoms with E-state index in [2.05, 4.69) is 11.9 Å². The lowest BCUT2D eigenvalue weighted by Gasteiger charge is -2.48. The lowest BCUT2D eigenvalue weighted by Crippen LogP contribution is -2.65. The van der Waals surface area contributed by atoms with E-state index in [0.717, 1.165) is 12.8 Å². The Morgan fingerprint density at radius 3 is 3.05 bits per heavy atom. The van der Waals surface area contributed by atoms with Crippen molar-refractivity contribution in [1.29, 1.82) is 0 Å². The maximum absolute atomic E-state index is 11.6. The van der Waals surface area contributed by atoms with Gasteiger partial charge in [-0.25, -0.2) is 4.79 Å². The second-order valence-corrected chi connectivity index (χ2v) is 6.18. The molecule has 5 atom stereocenters. The molecule has 3 aliphatic rings. The van der Waals surface area contributed by atoms with Crippen molar-refractivity contribution in [2.75, 3.05) is 13.2 Å². The number of hydrogen-bond donors (Lipinski definition) is 1. The molecule has 0 aliphatic carbocycles. The van der Waals surface area contributed by atoms with E-state index in [-0.39, 0.29) is 18.2 Å². The molecular formula is C15H23NO6. The summed E-state index contributed by atoms with van der Waals surface area (Å²) >= 11 is 0. The minimum absolute atomic E-state index is 0.314. The first-order valence-electron chi connectivity index (χ1n) is 7.67. The van der Waals surface area contributed by atoms with E-state index in [1.807, 2.05) is 19.9 Å². The Labute approximate surface area is 129 Å². The van der Waals surface area contributed by atoms with Crippen LogP contribution in [0.25, 0.3) is 0 Å². The second-order valence-electron chi connectivity index (χ2n) is 6.18. The molecule has 3 heterocycles. The SMILES string of the molecule is C=CCCCO[C@@H]1O[C@@H]2COC(C)(C)O[C@H]2[C@@H]2OC(=O)N[C@H]12. The third-order valence-electron chi connectivity index (χ3n) is 4.02. The van der Waals surface area contributed by atoms with E-state index in [4.69, 9.17) is 23.7 Å². The number of ether oxygens (including phenoxy) is 5. The molecule has 7 nitrogen and oxygen atoms in total. The molecule has 1 N–H and O–H groups in total. The maximum atomic E-state index is 11.6. The van der Waals surface area contributed by atoms with E-state index in [0.29, 0.717) is 13.2 Å². The number of carbonyl (C=O) groups excluding carboxylic acids is 1. The van der Waals surface area contributed by atoms with Gasteiger partial charge >= 0.3 is 6.09 Å². The predicted octanol–water partition coefficient (Wildman–Crippen LogP) is 1.32. The largest absolute Gasteiger partial charge is 0.441 e. The summed E-state index contributed by atoms with van der Waals surface area (Å²) in [7, 11) is 0. The van der Waals surface area contributed by atoms with Gasteiger partial charge in [0.05, 0.1) is 13.2 Å². The molecule has 0 bridgehead atoms. The molecule has 1 amide bonds. The highest BCUT2D eigenvalue weighted by molar-refractivity contribution is 5.70. The first-order valence-corrected chi connectivity index (χ1v) is 7.67. The van der Waals surface area contributed by atoms with Crippen molar-refractivity contribution >= 4 is 6.09 Å². The molecule has 3 rings (SSSR count). The summed E-state index contributed by atoms with van der Waals surface area (Å²) in [4.78, 5) is 11.6. The molecule has 0 aromatic rings. The molecule has 0 aromatic heterocycles. The Kier molecular flexibility index (Phi) is 4.40. The molecule has 0 radical (unpaired) electrons. The number of fused-ring (bicyclic) bond motifs is 3. The van der Waals surface area contributed by atoms with Gasteiger partial charge in [0, 0.05) is 0 Å². The molecule has 22 heavy (non-hydrogen) atoms. The summed E-state index contributed by atoms with van der Waals surface area (Å²) in [6.45, 7) is 8.25. The summed E-state index contributed by atoms with van der Waals surface area (Å²) in [5.74, 6) is -0.721. The van der Waals surface area contributed by atoms with Crippen molar-refractivity contribution in [2.45, 2.75) is 63.1 Å². The van der Waals surface area contributed by atoms with Crippen LogP contribution in [-0.2, 0) is 23.7 Å². The van der Waals surface area contributed by atoms with Crippen LogP contribution in [0.5, 0.6) is 0 Å². The van der Waals surface area contributed by atoms with Gasteiger partial charge in [-0.1, -0.05) is 6.08 Å². The first kappa shape index (κ1) is 15.7. The minimum atomic E-state index is -0.721. The fourth-order valence-electron chi connectivity index (χ4n) is 2.98. The molecule has 0 spiro atoms. The van der Waals surface area contributed by atoms with Crippen LogP contribution < -0.4 is 5.32 Å². The number of alkyl carbamates (subject to hydrolysis) is 1. The predicted molar refractivity (Wildman–Crippen MR) is 76.1 cm³/mol. The fraction of sp³-hybridized carbons (Fsp3) is 0.800. The summed E-state index contributed by atoms with van der Waals surface area (Å²) in [6.07, 6.45) is 1.43. The van der Waals surface area contributed by atoms with E-state index in [9.17, 15) is 4.79 Å². The number of allylic oxidation sites excluding steroid dienone is 1. The van der Waals surface area contributed by atoms with Gasteiger partial charge in [0.25, 0.3) is 0 Å². The number of amides is 1. The lowest BCUT2D eigenvalue weighted by molar-refractivity contribution is -0.363. The third-order valence-corrected chi connectivity index (χ3v) is 4.02. The van der Waals surface area contributed by atoms with E-state index in [1.165, 1.54) is 0 Å². The molecule has 0 aromatic carbocycles. The number of carbonyl (C=O) groups is 1. The summed E-state index contributed by atoms with van der Waals surface area (Å²) < 4.78 is 28.6. The number of hydrogen-bond acceptors (Lipinski definition) is 6. The maximum Gasteiger partial charge on any atom is 0.408 e. The van der Waals surface area contributed by atoms with E-state index < -0.39 is 24.3 Å². The molecule has 3 aliphatic heterocycles. The van der Waals surface area contributed by atoms with Crippen LogP contribution in [0.1, 0.15) is 26.7 Å². The zero-order valence-corrected chi connectivity index (χ0v) is 12.9. The average Bonchev–Trinajstić information content (AvgIpc) is 2.85. The number of unbranched alkanes of at least 4 members (excludes halogenated alkanes) is 1. The Bertz CT molecular complexity index is 440. The highest BCUT2D eigenvalue weighted by Crippen LogP contribution is 2.36. The Balaban J connectivity index is 1.68. The third kappa shape index (κ3) is 3.12. The van der Waals surface area contributed by atoms with Crippen LogP contribution in [0.4, 0.5) is 4.79 Å². The number of rotatable bonds is 5. The van der Waals surface area contributed by atoms with Crippen LogP contribution in [0, 0.1) is 0 Å². The Morgan fingerprint density at radius 1 is 1.45 bits per heavy atom. The standard InChI is InChI=1S/C15H23NO6/c1-4-5-6-7-18-13-10-12(21-14(17)16-10)11-9(20-13)8-19-15(2,3)22-11/h4,9-13H,1,5-8H2,2-3H3,(H,16,17)/t9-,10+,11-,12-,13-/m1/s1. The summed E-state index contributed by atoms with van der Waals surface area (Å²) in [5, 5.41) is 2.76. The molecule has 124 valence electrons. The average molecular weight is 313 g/mol. The number of nitrogens with one attached hydrogen (secondary N) is 1. The highest BCUT2D eigenvalue weighted by atomic mass is 16.8. The van der Waals surface area contributed by atoms with Crippen molar-refractivity contribution < 1.29 is 28.5 Å². The molecule has 7 heteroatoms. The molecule has 3 saturated heterocycles. The molecule has 0 saturated carbocycles. The van der Waals surface area contributed by atoms with Crippen LogP contribution in [0.15, 0.2) is 12.7 Å². The van der Waals surface area contributed by atoms with Gasteiger partial charge < -0.3 is 29.0 Å². The van der Waals surface area contributed by atoms with Crippen molar-refractivity contribution in [3.8, 4) is 0 Å². The van der Waals surface area contributed by atoms with E-state index in [1.54, 1.807) is 0 Å². The van der Waals surface area contributed by atoms with Gasteiger partial charge in [0.1, 0.15) is 18.2 Å². The van der Waals surface area contributed by atoms with Crippen LogP contribution in [-0.4, -0.2) is 55.7 Å². The van der Waals surface area contributed by atoms with Crippen molar-refractivity contribution in [2.24, 2.45) is 0 Å². The smallest absolute Gasteiger partial charge is 0.408 e. The topological polar surface area (TPSA) is 75.2 Å². The van der Waals surface area contributed by atoms with Crippen LogP contribution in [0.2, 0.25) is 0 Å². The first-order chi connectivity index (χ1) is 10.5. The van der Waals surface area contributed by atoms with Crippen LogP contribution >= 0.6 is 0 Å². The molecule has 0 unspecified atom stereocenters. The summed E-state index contributed by atoms with van der Waals surface area (Å²) in [5.41, 5.74) is 0. The van der Waals surface area contributed by atoms with Crippen molar-refractivity contribution in [1.82, 2.24) is 5.32 Å². The quantitative estimate of drug-likeness (QED) is 0.609. The fourth-order valence-corrected chi connectivity index (χ4v) is 2.98. The van der Waals surface area contributed by atoms with Gasteiger partial charge in [-0.05, 0) is 26.7 Å². The Hall–Kier alpha value is -1.15. The van der Waals surface area contributed by atoms with Gasteiger partial charge in [-0.3, -0.25) is 0 Å². The van der Waals surface area contributed by atoms with Gasteiger partial charge in [0.15, 0.2) is 18.2 Å². The van der Waals surface area contributed by atoms with E-state index >= 15 is 0 Å². The molecular weight excluding hydrogens is 290 g/mol. The normalized spacial score (nSPS) is 39.4. The monoisotopic (exact) mass is 313 g/mol. The van der Waals surface area contributed by atoms with Crippen LogP contribution in [0.3, 0.4) is 0 Å². The second kappa shape index (κ2) is 6.16. The molecule has 3 fully saturated rings. The zero-order chi connectivity index (χ0) is 15.7. The minimum Gasteiger partial charge on any atom is -0.441 e. The van der Waals surface area contributed by atoms with Crippen molar-refractivity contribution in [3.05, 3.63) is 12.7 Å². The summed E-state index contributed by atoms with van der Waals surface area (Å²) in [6, 6.07) is -0.369.